The smallest absolute Gasteiger partial charge is 0.337 e. The number of esters is 1. The fourth-order valence-corrected chi connectivity index (χ4v) is 4.69. The highest BCUT2D eigenvalue weighted by Crippen LogP contribution is 2.39. The summed E-state index contributed by atoms with van der Waals surface area (Å²) in [4.78, 5) is 51.1. The Morgan fingerprint density at radius 1 is 0.744 bits per heavy atom. The molecule has 0 atom stereocenters. The van der Waals surface area contributed by atoms with Crippen molar-refractivity contribution >= 4 is 35.1 Å². The van der Waals surface area contributed by atoms with Gasteiger partial charge in [-0.1, -0.05) is 0 Å². The molecule has 43 heavy (non-hydrogen) atoms. The molecule has 12 nitrogen and oxygen atoms in total. The molecule has 2 aliphatic rings. The molecule has 0 radical (unpaired) electrons. The van der Waals surface area contributed by atoms with Crippen molar-refractivity contribution in [2.75, 3.05) is 57.4 Å². The van der Waals surface area contributed by atoms with Crippen molar-refractivity contribution in [1.29, 1.82) is 0 Å². The van der Waals surface area contributed by atoms with Crippen LogP contribution in [-0.4, -0.2) is 87.7 Å². The van der Waals surface area contributed by atoms with E-state index in [0.29, 0.717) is 67.6 Å². The maximum Gasteiger partial charge on any atom is 0.337 e. The number of carbonyl (C=O) groups is 4. The number of methoxy groups -OCH3 is 3. The van der Waals surface area contributed by atoms with Crippen LogP contribution in [0.25, 0.3) is 0 Å². The molecule has 0 unspecified atom stereocenters. The monoisotopic (exact) mass is 600 g/mol. The lowest BCUT2D eigenvalue weighted by Crippen LogP contribution is -2.53. The number of hydrogen-bond acceptors (Lipinski definition) is 9. The highest BCUT2D eigenvalue weighted by atomic mass is 16.5. The van der Waals surface area contributed by atoms with Gasteiger partial charge >= 0.3 is 11.9 Å². The van der Waals surface area contributed by atoms with Crippen LogP contribution in [0.2, 0.25) is 0 Å². The van der Waals surface area contributed by atoms with Crippen molar-refractivity contribution in [3.63, 3.8) is 0 Å². The van der Waals surface area contributed by atoms with Crippen molar-refractivity contribution in [2.24, 2.45) is 0 Å². The Labute approximate surface area is 251 Å². The summed E-state index contributed by atoms with van der Waals surface area (Å²) in [6.07, 6.45) is 1.36. The number of ether oxygens (including phenoxy) is 5. The summed E-state index contributed by atoms with van der Waals surface area (Å²) in [5.41, 5.74) is -0.313. The van der Waals surface area contributed by atoms with Gasteiger partial charge in [0, 0.05) is 40.5 Å². The van der Waals surface area contributed by atoms with Crippen LogP contribution < -0.4 is 19.3 Å². The molecule has 0 saturated carbocycles. The van der Waals surface area contributed by atoms with Gasteiger partial charge in [-0.25, -0.2) is 9.59 Å². The van der Waals surface area contributed by atoms with Crippen LogP contribution >= 0.6 is 0 Å². The van der Waals surface area contributed by atoms with Gasteiger partial charge < -0.3 is 38.6 Å². The number of anilines is 2. The average molecular weight is 601 g/mol. The van der Waals surface area contributed by atoms with Crippen molar-refractivity contribution in [3.05, 3.63) is 47.5 Å². The number of hydrogen-bond donors (Lipinski definition) is 1. The van der Waals surface area contributed by atoms with E-state index in [0.717, 1.165) is 0 Å². The fraction of sp³-hybridized carbons (Fsp3) is 0.484. The highest BCUT2D eigenvalue weighted by molar-refractivity contribution is 6.04. The summed E-state index contributed by atoms with van der Waals surface area (Å²) in [5, 5.41) is 9.09. The van der Waals surface area contributed by atoms with Gasteiger partial charge in [-0.3, -0.25) is 9.59 Å². The molecule has 0 fully saturated rings. The van der Waals surface area contributed by atoms with Crippen LogP contribution in [0.3, 0.4) is 0 Å². The van der Waals surface area contributed by atoms with Crippen molar-refractivity contribution < 1.29 is 48.0 Å². The second-order valence-corrected chi connectivity index (χ2v) is 11.0. The van der Waals surface area contributed by atoms with E-state index in [9.17, 15) is 19.2 Å². The largest absolute Gasteiger partial charge is 0.478 e. The van der Waals surface area contributed by atoms with Crippen LogP contribution in [-0.2, 0) is 23.8 Å². The summed E-state index contributed by atoms with van der Waals surface area (Å²) in [6.45, 7) is 8.90. The molecule has 0 saturated heterocycles. The molecule has 2 aromatic carbocycles. The lowest BCUT2D eigenvalue weighted by atomic mass is 10.0. The first-order chi connectivity index (χ1) is 20.3. The number of nitrogens with zero attached hydrogens (tertiary/aromatic N) is 2. The van der Waals surface area contributed by atoms with E-state index < -0.39 is 23.1 Å². The summed E-state index contributed by atoms with van der Waals surface area (Å²) in [6, 6.07) is 9.48. The predicted octanol–water partition coefficient (Wildman–Crippen LogP) is 3.94. The summed E-state index contributed by atoms with van der Waals surface area (Å²) < 4.78 is 26.2. The minimum Gasteiger partial charge on any atom is -0.478 e. The summed E-state index contributed by atoms with van der Waals surface area (Å²) in [5.74, 6) is -0.715. The molecule has 0 aliphatic carbocycles. The van der Waals surface area contributed by atoms with Gasteiger partial charge in [0.15, 0.2) is 11.2 Å². The van der Waals surface area contributed by atoms with Crippen molar-refractivity contribution in [2.45, 2.75) is 51.7 Å². The maximum atomic E-state index is 12.6. The van der Waals surface area contributed by atoms with E-state index in [-0.39, 0.29) is 17.4 Å². The predicted molar refractivity (Wildman–Crippen MR) is 158 cm³/mol. The summed E-state index contributed by atoms with van der Waals surface area (Å²) in [7, 11) is 4.54. The van der Waals surface area contributed by atoms with Gasteiger partial charge in [0.25, 0.3) is 11.8 Å². The van der Waals surface area contributed by atoms with Crippen LogP contribution in [0, 0.1) is 0 Å². The maximum absolute atomic E-state index is 12.6. The zero-order valence-electron chi connectivity index (χ0n) is 25.7. The van der Waals surface area contributed by atoms with Crippen LogP contribution in [0.4, 0.5) is 11.4 Å². The molecule has 0 aromatic heterocycles. The fourth-order valence-electron chi connectivity index (χ4n) is 4.69. The number of benzene rings is 2. The molecule has 2 heterocycles. The average Bonchev–Trinajstić information content (AvgIpc) is 2.96. The van der Waals surface area contributed by atoms with Crippen molar-refractivity contribution in [1.82, 2.24) is 0 Å². The van der Waals surface area contributed by atoms with Crippen LogP contribution in [0.15, 0.2) is 36.4 Å². The van der Waals surface area contributed by atoms with Crippen molar-refractivity contribution in [3.8, 4) is 11.5 Å². The third-order valence-corrected chi connectivity index (χ3v) is 6.88. The number of fused-ring (bicyclic) bond motifs is 2. The zero-order valence-corrected chi connectivity index (χ0v) is 25.7. The van der Waals surface area contributed by atoms with Gasteiger partial charge in [-0.2, -0.15) is 0 Å². The molecule has 0 spiro atoms. The number of rotatable bonds is 10. The molecular formula is C31H40N2O10. The van der Waals surface area contributed by atoms with Gasteiger partial charge in [-0.05, 0) is 76.9 Å². The van der Waals surface area contributed by atoms with Gasteiger partial charge in [-0.15, -0.1) is 0 Å². The first-order valence-corrected chi connectivity index (χ1v) is 13.9. The van der Waals surface area contributed by atoms with E-state index in [4.69, 9.17) is 28.8 Å². The lowest BCUT2D eigenvalue weighted by molar-refractivity contribution is -0.133. The highest BCUT2D eigenvalue weighted by Gasteiger charge is 2.42. The Kier molecular flexibility index (Phi) is 10.8. The third kappa shape index (κ3) is 7.63. The number of carbonyl (C=O) groups excluding carboxylic acids is 3. The molecule has 234 valence electrons. The Morgan fingerprint density at radius 3 is 1.56 bits per heavy atom. The minimum absolute atomic E-state index is 0.126. The summed E-state index contributed by atoms with van der Waals surface area (Å²) >= 11 is 0. The Bertz CT molecular complexity index is 1350. The minimum atomic E-state index is -1.04. The topological polar surface area (TPSA) is 141 Å². The van der Waals surface area contributed by atoms with E-state index in [2.05, 4.69) is 0 Å². The molecule has 12 heteroatoms. The number of carboxylic acids is 1. The molecule has 0 bridgehead atoms. The van der Waals surface area contributed by atoms with E-state index >= 15 is 0 Å². The number of carboxylic acid groups (broad SMARTS) is 1. The number of aromatic carboxylic acids is 1. The van der Waals surface area contributed by atoms with E-state index in [1.54, 1.807) is 76.0 Å². The SMILES string of the molecule is COCCCN1C(=O)C(C)(C)Oc2ccc(C(=O)O)cc21.COCCCN1C(=O)C(C)(C)Oc2ccc(C(=O)OC)cc21. The van der Waals surface area contributed by atoms with Gasteiger partial charge in [0.05, 0.1) is 29.6 Å². The molecular weight excluding hydrogens is 560 g/mol. The number of amides is 2. The molecule has 1 N–H and O–H groups in total. The standard InChI is InChI=1S/C16H21NO5.C15H19NO5/c1-16(2)15(19)17(8-5-9-20-3)12-10-11(14(18)21-4)6-7-13(12)22-16;1-15(2)14(19)16(7-4-8-20-3)11-9-10(13(17)18)5-6-12(11)21-15/h6-7,10H,5,8-9H2,1-4H3;5-6,9H,4,7-8H2,1-3H3,(H,17,18). The molecule has 2 amide bonds. The van der Waals surface area contributed by atoms with Gasteiger partial charge in [0.2, 0.25) is 0 Å². The second-order valence-electron chi connectivity index (χ2n) is 11.0. The van der Waals surface area contributed by atoms with Crippen LogP contribution in [0.5, 0.6) is 11.5 Å². The van der Waals surface area contributed by atoms with E-state index in [1.165, 1.54) is 19.2 Å². The first kappa shape index (κ1) is 33.3. The molecule has 2 aromatic rings. The molecule has 2 aliphatic heterocycles. The normalized spacial score (nSPS) is 16.2. The second kappa shape index (κ2) is 13.9. The third-order valence-electron chi connectivity index (χ3n) is 6.88. The first-order valence-electron chi connectivity index (χ1n) is 13.9. The lowest BCUT2D eigenvalue weighted by Gasteiger charge is -2.39. The molecule has 4 rings (SSSR count). The van der Waals surface area contributed by atoms with Crippen LogP contribution in [0.1, 0.15) is 61.3 Å². The quantitative estimate of drug-likeness (QED) is 0.315. The Hall–Kier alpha value is -4.16. The van der Waals surface area contributed by atoms with Gasteiger partial charge in [0.1, 0.15) is 11.5 Å². The Morgan fingerprint density at radius 2 is 1.16 bits per heavy atom. The van der Waals surface area contributed by atoms with E-state index in [1.807, 2.05) is 0 Å². The Balaban J connectivity index is 0.000000236. The zero-order chi connectivity index (χ0) is 31.9.